The van der Waals surface area contributed by atoms with Gasteiger partial charge in [0.05, 0.1) is 19.3 Å². The van der Waals surface area contributed by atoms with Crippen molar-refractivity contribution >= 4 is 19.8 Å². The zero-order chi connectivity index (χ0) is 44.5. The molecule has 354 valence electrons. The molecule has 13 atom stereocenters. The van der Waals surface area contributed by atoms with Gasteiger partial charge < -0.3 is 65.3 Å². The molecule has 60 heavy (non-hydrogen) atoms. The number of phosphoric acid groups is 1. The van der Waals surface area contributed by atoms with Crippen LogP contribution < -0.4 is 5.73 Å². The van der Waals surface area contributed by atoms with Gasteiger partial charge in [-0.1, -0.05) is 129 Å². The normalized spacial score (nSPS) is 29.8. The van der Waals surface area contributed by atoms with E-state index in [1.165, 1.54) is 64.2 Å². The van der Waals surface area contributed by atoms with E-state index in [1.807, 2.05) is 0 Å². The first-order valence-corrected chi connectivity index (χ1v) is 23.9. The molecule has 19 heteroatoms. The van der Waals surface area contributed by atoms with E-state index in [-0.39, 0.29) is 12.8 Å². The summed E-state index contributed by atoms with van der Waals surface area (Å²) in [5.74, 6) is -1.18. The Bertz CT molecular complexity index is 1200. The Kier molecular flexibility index (Phi) is 28.0. The van der Waals surface area contributed by atoms with Crippen molar-refractivity contribution in [3.8, 4) is 0 Å². The molecule has 1 heterocycles. The lowest BCUT2D eigenvalue weighted by Gasteiger charge is -2.47. The summed E-state index contributed by atoms with van der Waals surface area (Å²) in [4.78, 5) is 36.1. The maximum atomic E-state index is 13.2. The summed E-state index contributed by atoms with van der Waals surface area (Å²) in [6.45, 7) is 2.30. The molecule has 1 aliphatic carbocycles. The predicted molar refractivity (Wildman–Crippen MR) is 219 cm³/mol. The van der Waals surface area contributed by atoms with Crippen molar-refractivity contribution in [3.05, 3.63) is 0 Å². The van der Waals surface area contributed by atoms with Crippen LogP contribution in [0, 0.1) is 0 Å². The fraction of sp³-hybridized carbons (Fsp3) is 0.951. The second kappa shape index (κ2) is 30.7. The summed E-state index contributed by atoms with van der Waals surface area (Å²) in [7, 11) is -5.29. The molecule has 0 bridgehead atoms. The lowest BCUT2D eigenvalue weighted by Crippen LogP contribution is -2.68. The largest absolute Gasteiger partial charge is 0.472 e. The molecular weight excluding hydrogens is 809 g/mol. The molecule has 0 spiro atoms. The summed E-state index contributed by atoms with van der Waals surface area (Å²) in [5.41, 5.74) is 5.89. The monoisotopic (exact) mass is 888 g/mol. The van der Waals surface area contributed by atoms with Gasteiger partial charge in [-0.25, -0.2) is 4.57 Å². The van der Waals surface area contributed by atoms with Crippen LogP contribution in [-0.4, -0.2) is 146 Å². The molecule has 1 unspecified atom stereocenters. The van der Waals surface area contributed by atoms with Gasteiger partial charge in [0.15, 0.2) is 12.4 Å². The first kappa shape index (κ1) is 54.8. The van der Waals surface area contributed by atoms with Crippen molar-refractivity contribution in [2.24, 2.45) is 5.73 Å². The molecule has 2 fully saturated rings. The van der Waals surface area contributed by atoms with E-state index >= 15 is 0 Å². The number of hydrogen-bond acceptors (Lipinski definition) is 17. The number of esters is 2. The number of hydrogen-bond donors (Lipinski definition) is 9. The van der Waals surface area contributed by atoms with E-state index in [2.05, 4.69) is 13.8 Å². The highest BCUT2D eigenvalue weighted by Gasteiger charge is 2.55. The standard InChI is InChI=1S/C41H78NO17P/c1-3-5-7-9-11-13-15-17-19-21-23-30(44)54-26-28(56-31(45)24-22-20-18-16-14-12-10-8-6-4-2)27-55-60(52,53)59-40-37(50)35(48)36(49)39(38(40)51)58-41-32(42)34(47)33(46)29(25-43)57-41/h28-29,32-41,43,46-51H,3-27,42H2,1-2H3,(H,52,53)/t28-,29-,32-,33-,34-,35-,36-,37-,38-,39+,40+,41-/m1/s1. The number of aliphatic hydroxyl groups excluding tert-OH is 7. The Labute approximate surface area is 356 Å². The Morgan fingerprint density at radius 3 is 1.58 bits per heavy atom. The maximum absolute atomic E-state index is 13.2. The van der Waals surface area contributed by atoms with Crippen molar-refractivity contribution in [2.75, 3.05) is 19.8 Å². The van der Waals surface area contributed by atoms with Gasteiger partial charge in [0.1, 0.15) is 61.5 Å². The Hall–Kier alpha value is -1.35. The second-order valence-corrected chi connectivity index (χ2v) is 17.7. The minimum atomic E-state index is -5.29. The molecule has 0 aromatic carbocycles. The number of carbonyl (C=O) groups is 2. The van der Waals surface area contributed by atoms with Crippen LogP contribution in [0.25, 0.3) is 0 Å². The molecule has 1 aliphatic heterocycles. The number of phosphoric ester groups is 1. The predicted octanol–water partition coefficient (Wildman–Crippen LogP) is 3.17. The van der Waals surface area contributed by atoms with Gasteiger partial charge in [0.2, 0.25) is 0 Å². The molecule has 1 saturated heterocycles. The molecule has 10 N–H and O–H groups in total. The second-order valence-electron chi connectivity index (χ2n) is 16.3. The van der Waals surface area contributed by atoms with Gasteiger partial charge in [-0.15, -0.1) is 0 Å². The minimum Gasteiger partial charge on any atom is -0.462 e. The smallest absolute Gasteiger partial charge is 0.462 e. The van der Waals surface area contributed by atoms with E-state index in [1.54, 1.807) is 0 Å². The molecular formula is C41H78NO17P. The van der Waals surface area contributed by atoms with E-state index in [0.29, 0.717) is 12.8 Å². The summed E-state index contributed by atoms with van der Waals surface area (Å²) >= 11 is 0. The van der Waals surface area contributed by atoms with Crippen LogP contribution in [0.3, 0.4) is 0 Å². The third-order valence-electron chi connectivity index (χ3n) is 11.1. The highest BCUT2D eigenvalue weighted by Crippen LogP contribution is 2.47. The van der Waals surface area contributed by atoms with Gasteiger partial charge in [-0.05, 0) is 12.8 Å². The molecule has 0 aromatic rings. The fourth-order valence-corrected chi connectivity index (χ4v) is 8.31. The van der Waals surface area contributed by atoms with E-state index in [9.17, 15) is 54.8 Å². The van der Waals surface area contributed by atoms with Gasteiger partial charge in [-0.3, -0.25) is 18.6 Å². The number of nitrogens with two attached hydrogens (primary N) is 1. The lowest BCUT2D eigenvalue weighted by atomic mass is 9.84. The number of aliphatic hydroxyl groups is 7. The van der Waals surface area contributed by atoms with Crippen LogP contribution in [0.1, 0.15) is 155 Å². The third-order valence-corrected chi connectivity index (χ3v) is 12.1. The van der Waals surface area contributed by atoms with Crippen molar-refractivity contribution in [1.29, 1.82) is 0 Å². The van der Waals surface area contributed by atoms with Crippen molar-refractivity contribution in [1.82, 2.24) is 0 Å². The van der Waals surface area contributed by atoms with Crippen LogP contribution in [0.2, 0.25) is 0 Å². The third kappa shape index (κ3) is 20.4. The van der Waals surface area contributed by atoms with Gasteiger partial charge in [-0.2, -0.15) is 0 Å². The quantitative estimate of drug-likeness (QED) is 0.0260. The van der Waals surface area contributed by atoms with Gasteiger partial charge in [0, 0.05) is 12.8 Å². The Morgan fingerprint density at radius 2 is 1.08 bits per heavy atom. The maximum Gasteiger partial charge on any atom is 0.472 e. The summed E-state index contributed by atoms with van der Waals surface area (Å²) in [5, 5.41) is 72.8. The Morgan fingerprint density at radius 1 is 0.617 bits per heavy atom. The van der Waals surface area contributed by atoms with Gasteiger partial charge in [0.25, 0.3) is 0 Å². The number of unbranched alkanes of at least 4 members (excludes halogenated alkanes) is 18. The van der Waals surface area contributed by atoms with Crippen LogP contribution in [0.15, 0.2) is 0 Å². The highest BCUT2D eigenvalue weighted by molar-refractivity contribution is 7.47. The molecule has 2 aliphatic rings. The molecule has 2 rings (SSSR count). The molecule has 0 aromatic heterocycles. The summed E-state index contributed by atoms with van der Waals surface area (Å²) in [6.07, 6.45) is 1.38. The SMILES string of the molecule is CCCCCCCCCCCCC(=O)OC[C@H](COP(=O)(O)O[C@@H]1[C@H](O)[C@@H](O[C@H]2O[C@H](CO)[C@@H](O)[C@H](O)[C@H]2N)[C@H](O)[C@@H](O)[C@H]1O)OC(=O)CCCCCCCCCCCC. The van der Waals surface area contributed by atoms with Crippen LogP contribution in [0.5, 0.6) is 0 Å². The van der Waals surface area contributed by atoms with Crippen LogP contribution in [-0.2, 0) is 42.1 Å². The van der Waals surface area contributed by atoms with E-state index in [4.69, 9.17) is 33.7 Å². The average Bonchev–Trinajstić information content (AvgIpc) is 3.22. The molecule has 0 radical (unpaired) electrons. The zero-order valence-electron chi connectivity index (χ0n) is 35.9. The molecule has 18 nitrogen and oxygen atoms in total. The minimum absolute atomic E-state index is 0.0539. The fourth-order valence-electron chi connectivity index (χ4n) is 7.34. The topological polar surface area (TPSA) is 294 Å². The van der Waals surface area contributed by atoms with Crippen molar-refractivity contribution < 1.29 is 82.8 Å². The molecule has 0 amide bonds. The van der Waals surface area contributed by atoms with Crippen LogP contribution in [0.4, 0.5) is 0 Å². The number of carbonyl (C=O) groups excluding carboxylic acids is 2. The van der Waals surface area contributed by atoms with Crippen molar-refractivity contribution in [3.63, 3.8) is 0 Å². The Balaban J connectivity index is 1.98. The van der Waals surface area contributed by atoms with Crippen molar-refractivity contribution in [2.45, 2.75) is 228 Å². The summed E-state index contributed by atoms with van der Waals surface area (Å²) < 4.78 is 45.1. The average molecular weight is 888 g/mol. The molecule has 1 saturated carbocycles. The highest BCUT2D eigenvalue weighted by atomic mass is 31.2. The van der Waals surface area contributed by atoms with Crippen LogP contribution >= 0.6 is 7.82 Å². The first-order valence-electron chi connectivity index (χ1n) is 22.4. The van der Waals surface area contributed by atoms with E-state index in [0.717, 1.165) is 51.4 Å². The summed E-state index contributed by atoms with van der Waals surface area (Å²) in [6, 6.07) is -1.48. The number of rotatable bonds is 33. The zero-order valence-corrected chi connectivity index (χ0v) is 36.8. The van der Waals surface area contributed by atoms with E-state index < -0.39 is 113 Å². The van der Waals surface area contributed by atoms with Gasteiger partial charge >= 0.3 is 19.8 Å². The number of ether oxygens (including phenoxy) is 4. The first-order chi connectivity index (χ1) is 28.7. The lowest BCUT2D eigenvalue weighted by molar-refractivity contribution is -0.315.